The number of hydrogen-bond donors (Lipinski definition) is 1. The van der Waals surface area contributed by atoms with E-state index in [1.54, 1.807) is 0 Å². The van der Waals surface area contributed by atoms with Crippen LogP contribution in [0.3, 0.4) is 0 Å². The monoisotopic (exact) mass is 140 g/mol. The lowest BCUT2D eigenvalue weighted by atomic mass is 10.2. The Balaban J connectivity index is 3.37. The van der Waals surface area contributed by atoms with Crippen molar-refractivity contribution in [2.45, 2.75) is 45.6 Å². The fourth-order valence-corrected chi connectivity index (χ4v) is 0.661. The van der Waals surface area contributed by atoms with Gasteiger partial charge in [-0.15, -0.1) is 5.92 Å². The fraction of sp³-hybridized carbons (Fsp3) is 0.778. The highest BCUT2D eigenvalue weighted by Gasteiger charge is 1.93. The van der Waals surface area contributed by atoms with Gasteiger partial charge in [0.25, 0.3) is 0 Å². The van der Waals surface area contributed by atoms with E-state index in [0.29, 0.717) is 0 Å². The molecule has 0 amide bonds. The molecule has 0 aliphatic carbocycles. The normalized spacial score (nSPS) is 11.9. The Morgan fingerprint density at radius 1 is 1.30 bits per heavy atom. The van der Waals surface area contributed by atoms with Crippen LogP contribution in [0.1, 0.15) is 39.5 Å². The molecule has 0 aromatic heterocycles. The van der Waals surface area contributed by atoms with E-state index < -0.39 is 6.10 Å². The molecular formula is C9H16O. The van der Waals surface area contributed by atoms with Crippen molar-refractivity contribution >= 4 is 0 Å². The van der Waals surface area contributed by atoms with E-state index in [1.165, 1.54) is 0 Å². The standard InChI is InChI=1S/C9H16O/c1-3-5-6-8-9(10)7-4-2/h9-10H,3-5,7H2,1-2H3/t9-/m0/s1. The van der Waals surface area contributed by atoms with Crippen LogP contribution in [0, 0.1) is 11.8 Å². The summed E-state index contributed by atoms with van der Waals surface area (Å²) in [5.41, 5.74) is 0. The predicted molar refractivity (Wildman–Crippen MR) is 43.6 cm³/mol. The van der Waals surface area contributed by atoms with Gasteiger partial charge in [-0.1, -0.05) is 26.2 Å². The molecule has 0 bridgehead atoms. The molecule has 1 N–H and O–H groups in total. The molecule has 0 fully saturated rings. The molecule has 58 valence electrons. The minimum atomic E-state index is -0.392. The zero-order valence-corrected chi connectivity index (χ0v) is 6.85. The maximum Gasteiger partial charge on any atom is 0.114 e. The average molecular weight is 140 g/mol. The van der Waals surface area contributed by atoms with Crippen molar-refractivity contribution in [2.24, 2.45) is 0 Å². The summed E-state index contributed by atoms with van der Waals surface area (Å²) >= 11 is 0. The van der Waals surface area contributed by atoms with E-state index in [0.717, 1.165) is 25.7 Å². The van der Waals surface area contributed by atoms with Crippen LogP contribution in [-0.4, -0.2) is 11.2 Å². The number of aliphatic hydroxyl groups excluding tert-OH is 1. The molecule has 0 rings (SSSR count). The predicted octanol–water partition coefficient (Wildman–Crippen LogP) is 1.95. The second-order valence-corrected chi connectivity index (χ2v) is 2.38. The van der Waals surface area contributed by atoms with Crippen molar-refractivity contribution in [3.8, 4) is 11.8 Å². The van der Waals surface area contributed by atoms with Gasteiger partial charge in [0.15, 0.2) is 0 Å². The summed E-state index contributed by atoms with van der Waals surface area (Å²) in [5, 5.41) is 9.10. The Labute approximate surface area is 63.5 Å². The Bertz CT molecular complexity index is 118. The molecule has 10 heavy (non-hydrogen) atoms. The van der Waals surface area contributed by atoms with Crippen molar-refractivity contribution in [3.63, 3.8) is 0 Å². The van der Waals surface area contributed by atoms with Crippen LogP contribution in [0.2, 0.25) is 0 Å². The van der Waals surface area contributed by atoms with Crippen LogP contribution in [0.5, 0.6) is 0 Å². The zero-order chi connectivity index (χ0) is 7.82. The molecule has 0 saturated heterocycles. The van der Waals surface area contributed by atoms with Gasteiger partial charge in [-0.2, -0.15) is 0 Å². The van der Waals surface area contributed by atoms with Gasteiger partial charge in [-0.3, -0.25) is 0 Å². The molecule has 0 unspecified atom stereocenters. The smallest absolute Gasteiger partial charge is 0.114 e. The summed E-state index contributed by atoms with van der Waals surface area (Å²) in [6.07, 6.45) is 3.39. The Kier molecular flexibility index (Phi) is 6.32. The van der Waals surface area contributed by atoms with Gasteiger partial charge < -0.3 is 5.11 Å². The number of unbranched alkanes of at least 4 members (excludes halogenated alkanes) is 1. The van der Waals surface area contributed by atoms with E-state index in [4.69, 9.17) is 5.11 Å². The lowest BCUT2D eigenvalue weighted by molar-refractivity contribution is 0.221. The van der Waals surface area contributed by atoms with Gasteiger partial charge in [-0.05, 0) is 12.8 Å². The molecule has 1 heteroatoms. The quantitative estimate of drug-likeness (QED) is 0.594. The second kappa shape index (κ2) is 6.64. The molecule has 0 aliphatic rings. The van der Waals surface area contributed by atoms with Crippen LogP contribution in [0.4, 0.5) is 0 Å². The van der Waals surface area contributed by atoms with Gasteiger partial charge in [0.2, 0.25) is 0 Å². The molecule has 0 aromatic carbocycles. The lowest BCUT2D eigenvalue weighted by Gasteiger charge is -1.96. The third-order valence-electron chi connectivity index (χ3n) is 1.21. The van der Waals surface area contributed by atoms with Crippen LogP contribution in [0.25, 0.3) is 0 Å². The van der Waals surface area contributed by atoms with Gasteiger partial charge in [0, 0.05) is 6.42 Å². The second-order valence-electron chi connectivity index (χ2n) is 2.38. The van der Waals surface area contributed by atoms with Crippen molar-refractivity contribution in [2.75, 3.05) is 0 Å². The topological polar surface area (TPSA) is 20.2 Å². The molecule has 1 atom stereocenters. The number of aliphatic hydroxyl groups is 1. The number of rotatable bonds is 3. The first-order chi connectivity index (χ1) is 4.81. The molecule has 0 aromatic rings. The van der Waals surface area contributed by atoms with Crippen LogP contribution in [0.15, 0.2) is 0 Å². The summed E-state index contributed by atoms with van der Waals surface area (Å²) in [6, 6.07) is 0. The average Bonchev–Trinajstić information content (AvgIpc) is 1.89. The van der Waals surface area contributed by atoms with E-state index in [2.05, 4.69) is 18.8 Å². The maximum absolute atomic E-state index is 9.10. The van der Waals surface area contributed by atoms with Crippen LogP contribution in [-0.2, 0) is 0 Å². The minimum absolute atomic E-state index is 0.392. The first-order valence-electron chi connectivity index (χ1n) is 3.97. The van der Waals surface area contributed by atoms with E-state index in [-0.39, 0.29) is 0 Å². The Morgan fingerprint density at radius 3 is 2.50 bits per heavy atom. The third kappa shape index (κ3) is 5.65. The number of hydrogen-bond acceptors (Lipinski definition) is 1. The summed E-state index contributed by atoms with van der Waals surface area (Å²) in [7, 11) is 0. The molecule has 1 nitrogen and oxygen atoms in total. The van der Waals surface area contributed by atoms with Gasteiger partial charge in [0.05, 0.1) is 0 Å². The SMILES string of the molecule is CCCC#C[C@@H](O)CCC. The Hall–Kier alpha value is -0.480. The van der Waals surface area contributed by atoms with Crippen molar-refractivity contribution in [1.82, 2.24) is 0 Å². The molecule has 0 radical (unpaired) electrons. The minimum Gasteiger partial charge on any atom is -0.380 e. The summed E-state index contributed by atoms with van der Waals surface area (Å²) in [6.45, 7) is 4.13. The maximum atomic E-state index is 9.10. The molecule has 0 saturated carbocycles. The van der Waals surface area contributed by atoms with E-state index >= 15 is 0 Å². The highest BCUT2D eigenvalue weighted by Crippen LogP contribution is 1.93. The molecule has 0 aliphatic heterocycles. The largest absolute Gasteiger partial charge is 0.380 e. The first kappa shape index (κ1) is 9.52. The zero-order valence-electron chi connectivity index (χ0n) is 6.85. The van der Waals surface area contributed by atoms with Gasteiger partial charge in [0.1, 0.15) is 6.10 Å². The highest BCUT2D eigenvalue weighted by molar-refractivity contribution is 5.03. The fourth-order valence-electron chi connectivity index (χ4n) is 0.661. The van der Waals surface area contributed by atoms with Gasteiger partial charge in [-0.25, -0.2) is 0 Å². The van der Waals surface area contributed by atoms with E-state index in [1.807, 2.05) is 6.92 Å². The molecule has 0 spiro atoms. The molecular weight excluding hydrogens is 124 g/mol. The van der Waals surface area contributed by atoms with Crippen molar-refractivity contribution in [1.29, 1.82) is 0 Å². The third-order valence-corrected chi connectivity index (χ3v) is 1.21. The van der Waals surface area contributed by atoms with Crippen molar-refractivity contribution < 1.29 is 5.11 Å². The van der Waals surface area contributed by atoms with Gasteiger partial charge >= 0.3 is 0 Å². The lowest BCUT2D eigenvalue weighted by Crippen LogP contribution is -2.00. The summed E-state index contributed by atoms with van der Waals surface area (Å²) < 4.78 is 0. The highest BCUT2D eigenvalue weighted by atomic mass is 16.3. The van der Waals surface area contributed by atoms with Crippen LogP contribution < -0.4 is 0 Å². The summed E-state index contributed by atoms with van der Waals surface area (Å²) in [5.74, 6) is 5.71. The van der Waals surface area contributed by atoms with Crippen LogP contribution >= 0.6 is 0 Å². The molecule has 0 heterocycles. The Morgan fingerprint density at radius 2 is 2.00 bits per heavy atom. The first-order valence-corrected chi connectivity index (χ1v) is 3.97. The summed E-state index contributed by atoms with van der Waals surface area (Å²) in [4.78, 5) is 0. The van der Waals surface area contributed by atoms with E-state index in [9.17, 15) is 0 Å². The van der Waals surface area contributed by atoms with Crippen molar-refractivity contribution in [3.05, 3.63) is 0 Å².